The summed E-state index contributed by atoms with van der Waals surface area (Å²) in [7, 11) is 2.14. The standard InChI is InChI=1S/C12H18N2O2S/c1-14-6-2-3-9(7-14)10-8-17-11(13-10)4-5-12(15)16/h8-9H,2-7H2,1H3,(H,15,16). The lowest BCUT2D eigenvalue weighted by Crippen LogP contribution is -2.30. The third-order valence-corrected chi connectivity index (χ3v) is 4.09. The Bertz CT molecular complexity index is 392. The summed E-state index contributed by atoms with van der Waals surface area (Å²) in [5, 5.41) is 11.7. The Balaban J connectivity index is 1.95. The molecule has 1 saturated heterocycles. The number of aliphatic carboxylic acids is 1. The van der Waals surface area contributed by atoms with Crippen molar-refractivity contribution in [2.24, 2.45) is 0 Å². The van der Waals surface area contributed by atoms with Gasteiger partial charge >= 0.3 is 5.97 Å². The minimum absolute atomic E-state index is 0.178. The van der Waals surface area contributed by atoms with Gasteiger partial charge in [-0.2, -0.15) is 0 Å². The Kier molecular flexibility index (Phi) is 4.12. The number of likely N-dealkylation sites (tertiary alicyclic amines) is 1. The van der Waals surface area contributed by atoms with Crippen LogP contribution in [-0.4, -0.2) is 41.1 Å². The number of piperidine rings is 1. The highest BCUT2D eigenvalue weighted by atomic mass is 32.1. The van der Waals surface area contributed by atoms with Gasteiger partial charge in [0, 0.05) is 24.3 Å². The number of rotatable bonds is 4. The van der Waals surface area contributed by atoms with Crippen LogP contribution in [0, 0.1) is 0 Å². The van der Waals surface area contributed by atoms with Gasteiger partial charge in [-0.25, -0.2) is 4.98 Å². The monoisotopic (exact) mass is 254 g/mol. The smallest absolute Gasteiger partial charge is 0.303 e. The van der Waals surface area contributed by atoms with Crippen LogP contribution in [0.4, 0.5) is 0 Å². The van der Waals surface area contributed by atoms with Gasteiger partial charge in [-0.3, -0.25) is 4.79 Å². The van der Waals surface area contributed by atoms with Crippen LogP contribution in [-0.2, 0) is 11.2 Å². The average Bonchev–Trinajstić information content (AvgIpc) is 2.75. The molecule has 1 aromatic heterocycles. The fourth-order valence-corrected chi connectivity index (χ4v) is 3.13. The molecule has 2 heterocycles. The van der Waals surface area contributed by atoms with Gasteiger partial charge < -0.3 is 10.0 Å². The van der Waals surface area contributed by atoms with Crippen LogP contribution < -0.4 is 0 Å². The number of hydrogen-bond donors (Lipinski definition) is 1. The number of likely N-dealkylation sites (N-methyl/N-ethyl adjacent to an activating group) is 1. The number of carbonyl (C=O) groups is 1. The molecule has 17 heavy (non-hydrogen) atoms. The fraction of sp³-hybridized carbons (Fsp3) is 0.667. The van der Waals surface area contributed by atoms with E-state index in [1.165, 1.54) is 19.4 Å². The second kappa shape index (κ2) is 5.60. The summed E-state index contributed by atoms with van der Waals surface area (Å²) in [6.45, 7) is 2.24. The van der Waals surface area contributed by atoms with E-state index in [-0.39, 0.29) is 6.42 Å². The minimum Gasteiger partial charge on any atom is -0.481 e. The molecule has 1 aliphatic heterocycles. The highest BCUT2D eigenvalue weighted by Crippen LogP contribution is 2.27. The molecule has 94 valence electrons. The van der Waals surface area contributed by atoms with Crippen LogP contribution in [0.2, 0.25) is 0 Å². The molecule has 4 nitrogen and oxygen atoms in total. The number of thiazole rings is 1. The number of aryl methyl sites for hydroxylation is 1. The zero-order valence-corrected chi connectivity index (χ0v) is 10.9. The van der Waals surface area contributed by atoms with Crippen molar-refractivity contribution < 1.29 is 9.90 Å². The Labute approximate surface area is 105 Å². The Hall–Kier alpha value is -0.940. The Morgan fingerprint density at radius 2 is 2.53 bits per heavy atom. The predicted molar refractivity (Wildman–Crippen MR) is 67.5 cm³/mol. The first-order valence-corrected chi connectivity index (χ1v) is 6.88. The molecule has 0 aromatic carbocycles. The predicted octanol–water partition coefficient (Wildman–Crippen LogP) is 1.97. The van der Waals surface area contributed by atoms with Gasteiger partial charge in [-0.15, -0.1) is 11.3 Å². The van der Waals surface area contributed by atoms with E-state index in [4.69, 9.17) is 5.11 Å². The van der Waals surface area contributed by atoms with Gasteiger partial charge in [0.15, 0.2) is 0 Å². The first-order chi connectivity index (χ1) is 8.15. The lowest BCUT2D eigenvalue weighted by molar-refractivity contribution is -0.136. The number of carboxylic acid groups (broad SMARTS) is 1. The molecule has 0 bridgehead atoms. The van der Waals surface area contributed by atoms with Crippen molar-refractivity contribution >= 4 is 17.3 Å². The van der Waals surface area contributed by atoms with E-state index < -0.39 is 5.97 Å². The average molecular weight is 254 g/mol. The van der Waals surface area contributed by atoms with Gasteiger partial charge in [0.1, 0.15) is 0 Å². The molecule has 1 fully saturated rings. The summed E-state index contributed by atoms with van der Waals surface area (Å²) in [5.74, 6) is -0.220. The molecule has 5 heteroatoms. The third-order valence-electron chi connectivity index (χ3n) is 3.16. The number of aromatic nitrogens is 1. The molecule has 1 unspecified atom stereocenters. The van der Waals surface area contributed by atoms with Gasteiger partial charge in [-0.05, 0) is 26.4 Å². The van der Waals surface area contributed by atoms with Crippen molar-refractivity contribution in [1.82, 2.24) is 9.88 Å². The maximum Gasteiger partial charge on any atom is 0.303 e. The van der Waals surface area contributed by atoms with Crippen molar-refractivity contribution in [3.05, 3.63) is 16.1 Å². The summed E-state index contributed by atoms with van der Waals surface area (Å²) in [6.07, 6.45) is 3.16. The molecule has 1 atom stereocenters. The molecule has 0 saturated carbocycles. The lowest BCUT2D eigenvalue weighted by Gasteiger charge is -2.28. The lowest BCUT2D eigenvalue weighted by atomic mass is 9.96. The fourth-order valence-electron chi connectivity index (χ4n) is 2.25. The zero-order valence-electron chi connectivity index (χ0n) is 10.1. The van der Waals surface area contributed by atoms with Crippen LogP contribution in [0.15, 0.2) is 5.38 Å². The summed E-state index contributed by atoms with van der Waals surface area (Å²) < 4.78 is 0. The second-order valence-corrected chi connectivity index (χ2v) is 5.60. The SMILES string of the molecule is CN1CCCC(c2csc(CCC(=O)O)n2)C1. The van der Waals surface area contributed by atoms with Crippen molar-refractivity contribution in [3.8, 4) is 0 Å². The van der Waals surface area contributed by atoms with E-state index in [0.717, 1.165) is 17.2 Å². The second-order valence-electron chi connectivity index (χ2n) is 4.66. The quantitative estimate of drug-likeness (QED) is 0.892. The summed E-state index contributed by atoms with van der Waals surface area (Å²) in [6, 6.07) is 0. The van der Waals surface area contributed by atoms with Crippen molar-refractivity contribution in [1.29, 1.82) is 0 Å². The van der Waals surface area contributed by atoms with Gasteiger partial charge in [0.05, 0.1) is 17.1 Å². The third kappa shape index (κ3) is 3.51. The van der Waals surface area contributed by atoms with E-state index in [2.05, 4.69) is 22.3 Å². The van der Waals surface area contributed by atoms with Crippen molar-refractivity contribution in [3.63, 3.8) is 0 Å². The Morgan fingerprint density at radius 1 is 1.71 bits per heavy atom. The van der Waals surface area contributed by atoms with Gasteiger partial charge in [0.2, 0.25) is 0 Å². The molecular weight excluding hydrogens is 236 g/mol. The molecular formula is C12H18N2O2S. The highest BCUT2D eigenvalue weighted by molar-refractivity contribution is 7.09. The van der Waals surface area contributed by atoms with Crippen LogP contribution >= 0.6 is 11.3 Å². The van der Waals surface area contributed by atoms with Crippen molar-refractivity contribution in [2.75, 3.05) is 20.1 Å². The van der Waals surface area contributed by atoms with E-state index in [1.807, 2.05) is 0 Å². The molecule has 0 spiro atoms. The molecule has 0 radical (unpaired) electrons. The molecule has 1 aliphatic rings. The summed E-state index contributed by atoms with van der Waals surface area (Å²) >= 11 is 1.59. The largest absolute Gasteiger partial charge is 0.481 e. The van der Waals surface area contributed by atoms with E-state index in [0.29, 0.717) is 12.3 Å². The number of carboxylic acids is 1. The normalized spacial score (nSPS) is 21.6. The topological polar surface area (TPSA) is 53.4 Å². The molecule has 2 rings (SSSR count). The number of hydrogen-bond acceptors (Lipinski definition) is 4. The molecule has 0 amide bonds. The van der Waals surface area contributed by atoms with Crippen LogP contribution in [0.1, 0.15) is 35.9 Å². The Morgan fingerprint density at radius 3 is 3.24 bits per heavy atom. The highest BCUT2D eigenvalue weighted by Gasteiger charge is 2.21. The maximum absolute atomic E-state index is 10.5. The zero-order chi connectivity index (χ0) is 12.3. The van der Waals surface area contributed by atoms with E-state index >= 15 is 0 Å². The number of nitrogens with zero attached hydrogens (tertiary/aromatic N) is 2. The maximum atomic E-state index is 10.5. The van der Waals surface area contributed by atoms with E-state index in [9.17, 15) is 4.79 Å². The van der Waals surface area contributed by atoms with Gasteiger partial charge in [-0.1, -0.05) is 0 Å². The minimum atomic E-state index is -0.751. The van der Waals surface area contributed by atoms with Crippen LogP contribution in [0.5, 0.6) is 0 Å². The molecule has 1 aromatic rings. The van der Waals surface area contributed by atoms with Crippen molar-refractivity contribution in [2.45, 2.75) is 31.6 Å². The van der Waals surface area contributed by atoms with Crippen LogP contribution in [0.25, 0.3) is 0 Å². The summed E-state index contributed by atoms with van der Waals surface area (Å²) in [4.78, 5) is 17.4. The molecule has 1 N–H and O–H groups in total. The summed E-state index contributed by atoms with van der Waals surface area (Å²) in [5.41, 5.74) is 1.15. The van der Waals surface area contributed by atoms with E-state index in [1.54, 1.807) is 11.3 Å². The van der Waals surface area contributed by atoms with Gasteiger partial charge in [0.25, 0.3) is 0 Å². The first kappa shape index (κ1) is 12.5. The first-order valence-electron chi connectivity index (χ1n) is 6.00. The molecule has 0 aliphatic carbocycles. The van der Waals surface area contributed by atoms with Crippen LogP contribution in [0.3, 0.4) is 0 Å².